The van der Waals surface area contributed by atoms with E-state index in [0.29, 0.717) is 11.2 Å². The Hall–Kier alpha value is -1.29. The molecule has 0 saturated heterocycles. The van der Waals surface area contributed by atoms with Gasteiger partial charge in [-0.25, -0.2) is 8.96 Å². The van der Waals surface area contributed by atoms with Crippen molar-refractivity contribution < 1.29 is 0 Å². The zero-order valence-electron chi connectivity index (χ0n) is 7.06. The lowest BCUT2D eigenvalue weighted by Crippen LogP contribution is -2.16. The molecule has 1 aromatic carbocycles. The predicted octanol–water partition coefficient (Wildman–Crippen LogP) is 1.40. The zero-order chi connectivity index (χ0) is 9.42. The largest absolute Gasteiger partial charge is 0.271 e. The normalized spacial score (nSPS) is 10.6. The molecule has 2 aromatic rings. The van der Waals surface area contributed by atoms with E-state index in [1.54, 1.807) is 13.0 Å². The Kier molecular flexibility index (Phi) is 1.84. The Morgan fingerprint density at radius 3 is 2.85 bits per heavy atom. The molecule has 13 heavy (non-hydrogen) atoms. The molecule has 0 aliphatic rings. The van der Waals surface area contributed by atoms with Crippen LogP contribution in [-0.4, -0.2) is 8.96 Å². The summed E-state index contributed by atoms with van der Waals surface area (Å²) in [6.45, 7) is 1.75. The molecule has 0 amide bonds. The maximum absolute atomic E-state index is 11.6. The molecular formula is C9H8N2OS. The highest BCUT2D eigenvalue weighted by Gasteiger charge is 2.03. The van der Waals surface area contributed by atoms with E-state index in [0.717, 1.165) is 5.52 Å². The topological polar surface area (TPSA) is 34.9 Å². The van der Waals surface area contributed by atoms with Crippen molar-refractivity contribution in [2.24, 2.45) is 0 Å². The highest BCUT2D eigenvalue weighted by atomic mass is 32.1. The maximum Gasteiger partial charge on any atom is 0.271 e. The summed E-state index contributed by atoms with van der Waals surface area (Å²) in [7, 11) is 0. The van der Waals surface area contributed by atoms with E-state index in [2.05, 4.69) is 17.8 Å². The summed E-state index contributed by atoms with van der Waals surface area (Å²) in [5, 5.41) is 0.600. The van der Waals surface area contributed by atoms with Crippen molar-refractivity contribution in [1.29, 1.82) is 0 Å². The van der Waals surface area contributed by atoms with Crippen LogP contribution in [0.15, 0.2) is 29.1 Å². The quantitative estimate of drug-likeness (QED) is 0.640. The SMILES string of the molecule is Cc1nc2ccccc2c(=O)n1S. The smallest absolute Gasteiger partial charge is 0.268 e. The van der Waals surface area contributed by atoms with E-state index in [1.165, 1.54) is 3.97 Å². The molecule has 4 heteroatoms. The summed E-state index contributed by atoms with van der Waals surface area (Å²) in [5.41, 5.74) is 0.599. The van der Waals surface area contributed by atoms with E-state index < -0.39 is 0 Å². The number of benzene rings is 1. The van der Waals surface area contributed by atoms with Crippen LogP contribution in [0.25, 0.3) is 10.9 Å². The lowest BCUT2D eigenvalue weighted by molar-refractivity contribution is 1.01. The Bertz CT molecular complexity index is 518. The van der Waals surface area contributed by atoms with Gasteiger partial charge in [-0.1, -0.05) is 24.9 Å². The fourth-order valence-electron chi connectivity index (χ4n) is 1.23. The molecule has 1 aromatic heterocycles. The van der Waals surface area contributed by atoms with Gasteiger partial charge in [-0.2, -0.15) is 0 Å². The lowest BCUT2D eigenvalue weighted by Gasteiger charge is -2.02. The van der Waals surface area contributed by atoms with Crippen molar-refractivity contribution in [1.82, 2.24) is 8.96 Å². The van der Waals surface area contributed by atoms with Gasteiger partial charge < -0.3 is 0 Å². The minimum Gasteiger partial charge on any atom is -0.268 e. The Morgan fingerprint density at radius 1 is 1.38 bits per heavy atom. The molecule has 0 unspecified atom stereocenters. The van der Waals surface area contributed by atoms with Crippen LogP contribution < -0.4 is 5.56 Å². The molecule has 0 fully saturated rings. The van der Waals surface area contributed by atoms with Gasteiger partial charge in [0.2, 0.25) is 0 Å². The first kappa shape index (κ1) is 8.31. The summed E-state index contributed by atoms with van der Waals surface area (Å²) < 4.78 is 1.25. The van der Waals surface area contributed by atoms with Crippen molar-refractivity contribution in [3.8, 4) is 0 Å². The third-order valence-electron chi connectivity index (χ3n) is 1.92. The number of aryl methyl sites for hydroxylation is 1. The molecule has 0 aliphatic heterocycles. The van der Waals surface area contributed by atoms with Crippen molar-refractivity contribution in [3.63, 3.8) is 0 Å². The fraction of sp³-hybridized carbons (Fsp3) is 0.111. The lowest BCUT2D eigenvalue weighted by atomic mass is 10.2. The fourth-order valence-corrected chi connectivity index (χ4v) is 1.39. The van der Waals surface area contributed by atoms with Gasteiger partial charge in [-0.05, 0) is 19.1 Å². The number of hydrogen-bond donors (Lipinski definition) is 1. The first-order valence-corrected chi connectivity index (χ1v) is 4.28. The molecule has 0 spiro atoms. The number of aromatic nitrogens is 2. The third-order valence-corrected chi connectivity index (χ3v) is 2.39. The Balaban J connectivity index is 3.03. The molecule has 0 saturated carbocycles. The van der Waals surface area contributed by atoms with Gasteiger partial charge in [0.25, 0.3) is 5.56 Å². The van der Waals surface area contributed by atoms with Gasteiger partial charge in [-0.3, -0.25) is 4.79 Å². The van der Waals surface area contributed by atoms with Gasteiger partial charge in [0.1, 0.15) is 5.82 Å². The minimum atomic E-state index is -0.119. The van der Waals surface area contributed by atoms with Crippen LogP contribution >= 0.6 is 12.8 Å². The number of thiol groups is 1. The molecule has 0 radical (unpaired) electrons. The van der Waals surface area contributed by atoms with Gasteiger partial charge >= 0.3 is 0 Å². The minimum absolute atomic E-state index is 0.119. The van der Waals surface area contributed by atoms with E-state index >= 15 is 0 Å². The average molecular weight is 192 g/mol. The van der Waals surface area contributed by atoms with Crippen molar-refractivity contribution in [2.75, 3.05) is 0 Å². The summed E-state index contributed by atoms with van der Waals surface area (Å²) in [6, 6.07) is 7.24. The van der Waals surface area contributed by atoms with Gasteiger partial charge in [-0.15, -0.1) is 0 Å². The van der Waals surface area contributed by atoms with Crippen LogP contribution in [0.3, 0.4) is 0 Å². The molecule has 1 heterocycles. The molecule has 66 valence electrons. The maximum atomic E-state index is 11.6. The van der Waals surface area contributed by atoms with E-state index in [-0.39, 0.29) is 5.56 Å². The molecule has 0 atom stereocenters. The average Bonchev–Trinajstić information content (AvgIpc) is 2.15. The summed E-state index contributed by atoms with van der Waals surface area (Å²) in [4.78, 5) is 15.8. The van der Waals surface area contributed by atoms with Crippen LogP contribution in [0.4, 0.5) is 0 Å². The van der Waals surface area contributed by atoms with Crippen LogP contribution in [0.5, 0.6) is 0 Å². The molecular weight excluding hydrogens is 184 g/mol. The predicted molar refractivity (Wildman–Crippen MR) is 55.1 cm³/mol. The van der Waals surface area contributed by atoms with Gasteiger partial charge in [0, 0.05) is 0 Å². The second-order valence-electron chi connectivity index (χ2n) is 2.79. The van der Waals surface area contributed by atoms with Gasteiger partial charge in [0.15, 0.2) is 0 Å². The second kappa shape index (κ2) is 2.88. The van der Waals surface area contributed by atoms with Crippen molar-refractivity contribution in [3.05, 3.63) is 40.4 Å². The third kappa shape index (κ3) is 1.23. The highest BCUT2D eigenvalue weighted by Crippen LogP contribution is 2.07. The molecule has 0 N–H and O–H groups in total. The van der Waals surface area contributed by atoms with Crippen molar-refractivity contribution >= 4 is 23.7 Å². The van der Waals surface area contributed by atoms with E-state index in [4.69, 9.17) is 0 Å². The summed E-state index contributed by atoms with van der Waals surface area (Å²) >= 11 is 4.03. The molecule has 0 aliphatic carbocycles. The van der Waals surface area contributed by atoms with Crippen LogP contribution in [0.2, 0.25) is 0 Å². The van der Waals surface area contributed by atoms with Gasteiger partial charge in [0.05, 0.1) is 10.9 Å². The summed E-state index contributed by atoms with van der Waals surface area (Å²) in [6.07, 6.45) is 0. The molecule has 3 nitrogen and oxygen atoms in total. The Labute approximate surface area is 80.6 Å². The summed E-state index contributed by atoms with van der Waals surface area (Å²) in [5.74, 6) is 0.604. The monoisotopic (exact) mass is 192 g/mol. The molecule has 0 bridgehead atoms. The highest BCUT2D eigenvalue weighted by molar-refractivity contribution is 7.78. The number of para-hydroxylation sites is 1. The standard InChI is InChI=1S/C9H8N2OS/c1-6-10-8-5-3-2-4-7(8)9(12)11(6)13/h2-5,13H,1H3. The Morgan fingerprint density at radius 2 is 2.08 bits per heavy atom. The van der Waals surface area contributed by atoms with Crippen molar-refractivity contribution in [2.45, 2.75) is 6.92 Å². The molecule has 2 rings (SSSR count). The second-order valence-corrected chi connectivity index (χ2v) is 3.19. The van der Waals surface area contributed by atoms with Crippen LogP contribution in [-0.2, 0) is 0 Å². The number of fused-ring (bicyclic) bond motifs is 1. The van der Waals surface area contributed by atoms with E-state index in [1.807, 2.05) is 18.2 Å². The zero-order valence-corrected chi connectivity index (χ0v) is 7.95. The first-order chi connectivity index (χ1) is 6.20. The van der Waals surface area contributed by atoms with Crippen LogP contribution in [0, 0.1) is 6.92 Å². The van der Waals surface area contributed by atoms with E-state index in [9.17, 15) is 4.79 Å². The first-order valence-electron chi connectivity index (χ1n) is 3.88. The number of rotatable bonds is 0. The number of hydrogen-bond acceptors (Lipinski definition) is 3. The van der Waals surface area contributed by atoms with Crippen LogP contribution in [0.1, 0.15) is 5.82 Å². The number of nitrogens with zero attached hydrogens (tertiary/aromatic N) is 2.